The van der Waals surface area contributed by atoms with Crippen molar-refractivity contribution in [1.29, 1.82) is 0 Å². The van der Waals surface area contributed by atoms with Crippen LogP contribution in [0, 0.1) is 0 Å². The minimum absolute atomic E-state index is 0.357. The highest BCUT2D eigenvalue weighted by molar-refractivity contribution is 6.64. The van der Waals surface area contributed by atoms with Gasteiger partial charge in [-0.2, -0.15) is 0 Å². The molecule has 1 aliphatic rings. The lowest BCUT2D eigenvalue weighted by Crippen LogP contribution is -2.44. The lowest BCUT2D eigenvalue weighted by molar-refractivity contribution is -0.159. The molecule has 1 fully saturated rings. The zero-order chi connectivity index (χ0) is 6.85. The standard InChI is InChI=1S/C4H3NO4/c6-2-1-9-5-4(8)3(2)7/h1H2,(H,5,8). The molecule has 0 aromatic rings. The zero-order valence-corrected chi connectivity index (χ0v) is 4.34. The SMILES string of the molecule is O=C1CONC(=O)C1=O. The smallest absolute Gasteiger partial charge is 0.287 e. The molecule has 0 unspecified atom stereocenters. The lowest BCUT2D eigenvalue weighted by Gasteiger charge is -2.07. The quantitative estimate of drug-likeness (QED) is 0.391. The number of carbonyl (C=O) groups is 3. The lowest BCUT2D eigenvalue weighted by atomic mass is 10.2. The van der Waals surface area contributed by atoms with Crippen molar-refractivity contribution in [3.63, 3.8) is 0 Å². The summed E-state index contributed by atoms with van der Waals surface area (Å²) in [7, 11) is 0. The molecule has 1 N–H and O–H groups in total. The number of Topliss-reactive ketones (excluding diaryl/α,β-unsaturated/α-hetero) is 2. The fraction of sp³-hybridized carbons (Fsp3) is 0.250. The van der Waals surface area contributed by atoms with Crippen LogP contribution in [0.1, 0.15) is 0 Å². The van der Waals surface area contributed by atoms with Crippen molar-refractivity contribution in [2.24, 2.45) is 0 Å². The normalized spacial score (nSPS) is 19.8. The number of amides is 1. The highest BCUT2D eigenvalue weighted by atomic mass is 16.7. The Morgan fingerprint density at radius 2 is 2.00 bits per heavy atom. The molecule has 0 bridgehead atoms. The van der Waals surface area contributed by atoms with Crippen LogP contribution in [-0.2, 0) is 19.2 Å². The maximum Gasteiger partial charge on any atom is 0.319 e. The molecule has 0 aromatic heterocycles. The number of nitrogens with one attached hydrogen (secondary N) is 1. The van der Waals surface area contributed by atoms with Gasteiger partial charge in [-0.1, -0.05) is 0 Å². The van der Waals surface area contributed by atoms with E-state index < -0.39 is 17.5 Å². The third-order valence-corrected chi connectivity index (χ3v) is 0.828. The van der Waals surface area contributed by atoms with Gasteiger partial charge in [0.1, 0.15) is 6.61 Å². The topological polar surface area (TPSA) is 72.5 Å². The van der Waals surface area contributed by atoms with Crippen molar-refractivity contribution in [2.75, 3.05) is 6.61 Å². The van der Waals surface area contributed by atoms with Crippen molar-refractivity contribution < 1.29 is 19.2 Å². The van der Waals surface area contributed by atoms with E-state index in [1.54, 1.807) is 5.48 Å². The second kappa shape index (κ2) is 1.94. The molecule has 1 saturated heterocycles. The van der Waals surface area contributed by atoms with E-state index in [1.165, 1.54) is 0 Å². The molecule has 0 aliphatic carbocycles. The Bertz CT molecular complexity index is 167. The zero-order valence-electron chi connectivity index (χ0n) is 4.34. The molecular weight excluding hydrogens is 126 g/mol. The number of hydrogen-bond acceptors (Lipinski definition) is 4. The van der Waals surface area contributed by atoms with Crippen LogP contribution in [-0.4, -0.2) is 24.1 Å². The average Bonchev–Trinajstić information content (AvgIpc) is 1.83. The van der Waals surface area contributed by atoms with Gasteiger partial charge in [0.2, 0.25) is 5.78 Å². The first-order valence-corrected chi connectivity index (χ1v) is 2.21. The fourth-order valence-corrected chi connectivity index (χ4v) is 0.406. The van der Waals surface area contributed by atoms with Crippen LogP contribution in [0.3, 0.4) is 0 Å². The molecular formula is C4H3NO4. The summed E-state index contributed by atoms with van der Waals surface area (Å²) in [6.45, 7) is -0.357. The largest absolute Gasteiger partial charge is 0.319 e. The molecule has 5 heteroatoms. The predicted octanol–water partition coefficient (Wildman–Crippen LogP) is -1.81. The van der Waals surface area contributed by atoms with Crippen molar-refractivity contribution in [2.45, 2.75) is 0 Å². The summed E-state index contributed by atoms with van der Waals surface area (Å²) in [5.41, 5.74) is 1.75. The monoisotopic (exact) mass is 129 g/mol. The summed E-state index contributed by atoms with van der Waals surface area (Å²) in [4.78, 5) is 34.9. The van der Waals surface area contributed by atoms with Crippen molar-refractivity contribution in [3.05, 3.63) is 0 Å². The van der Waals surface area contributed by atoms with Crippen molar-refractivity contribution in [1.82, 2.24) is 5.48 Å². The summed E-state index contributed by atoms with van der Waals surface area (Å²) in [6.07, 6.45) is 0. The van der Waals surface area contributed by atoms with Crippen molar-refractivity contribution >= 4 is 17.5 Å². The third-order valence-electron chi connectivity index (χ3n) is 0.828. The van der Waals surface area contributed by atoms with Crippen LogP contribution < -0.4 is 5.48 Å². The molecule has 0 saturated carbocycles. The molecule has 0 radical (unpaired) electrons. The first-order chi connectivity index (χ1) is 4.22. The van der Waals surface area contributed by atoms with E-state index in [0.717, 1.165) is 0 Å². The van der Waals surface area contributed by atoms with Gasteiger partial charge >= 0.3 is 5.91 Å². The molecule has 1 aliphatic heterocycles. The fourth-order valence-electron chi connectivity index (χ4n) is 0.406. The van der Waals surface area contributed by atoms with Gasteiger partial charge < -0.3 is 0 Å². The van der Waals surface area contributed by atoms with Gasteiger partial charge in [0.25, 0.3) is 5.78 Å². The molecule has 0 spiro atoms. The van der Waals surface area contributed by atoms with Gasteiger partial charge in [-0.25, -0.2) is 5.48 Å². The van der Waals surface area contributed by atoms with Gasteiger partial charge in [0, 0.05) is 0 Å². The molecule has 9 heavy (non-hydrogen) atoms. The van der Waals surface area contributed by atoms with E-state index in [1.807, 2.05) is 0 Å². The van der Waals surface area contributed by atoms with Crippen molar-refractivity contribution in [3.8, 4) is 0 Å². The molecule has 0 aromatic carbocycles. The van der Waals surface area contributed by atoms with E-state index in [0.29, 0.717) is 0 Å². The van der Waals surface area contributed by atoms with E-state index in [9.17, 15) is 14.4 Å². The number of carbonyl (C=O) groups excluding carboxylic acids is 3. The highest BCUT2D eigenvalue weighted by Crippen LogP contribution is 1.85. The average molecular weight is 129 g/mol. The Morgan fingerprint density at radius 3 is 2.44 bits per heavy atom. The first kappa shape index (κ1) is 5.90. The Hall–Kier alpha value is -1.23. The number of hydrogen-bond donors (Lipinski definition) is 1. The van der Waals surface area contributed by atoms with Gasteiger partial charge in [0.05, 0.1) is 0 Å². The van der Waals surface area contributed by atoms with Crippen LogP contribution in [0.2, 0.25) is 0 Å². The molecule has 48 valence electrons. The van der Waals surface area contributed by atoms with Crippen LogP contribution in [0.5, 0.6) is 0 Å². The Balaban J connectivity index is 2.74. The Morgan fingerprint density at radius 1 is 1.33 bits per heavy atom. The molecule has 1 heterocycles. The van der Waals surface area contributed by atoms with E-state index >= 15 is 0 Å². The summed E-state index contributed by atoms with van der Waals surface area (Å²) in [6, 6.07) is 0. The summed E-state index contributed by atoms with van der Waals surface area (Å²) in [5.74, 6) is -2.84. The van der Waals surface area contributed by atoms with Gasteiger partial charge in [-0.05, 0) is 0 Å². The number of hydroxylamine groups is 1. The van der Waals surface area contributed by atoms with Gasteiger partial charge in [-0.3, -0.25) is 19.2 Å². The van der Waals surface area contributed by atoms with E-state index in [2.05, 4.69) is 4.84 Å². The first-order valence-electron chi connectivity index (χ1n) is 2.21. The summed E-state index contributed by atoms with van der Waals surface area (Å²) >= 11 is 0. The summed E-state index contributed by atoms with van der Waals surface area (Å²) < 4.78 is 0. The molecule has 1 amide bonds. The highest BCUT2D eigenvalue weighted by Gasteiger charge is 2.27. The molecule has 1 rings (SSSR count). The minimum Gasteiger partial charge on any atom is -0.287 e. The molecule has 5 nitrogen and oxygen atoms in total. The maximum atomic E-state index is 10.3. The third kappa shape index (κ3) is 0.945. The second-order valence-electron chi connectivity index (χ2n) is 1.47. The van der Waals surface area contributed by atoms with Crippen LogP contribution in [0.15, 0.2) is 0 Å². The molecule has 0 atom stereocenters. The number of rotatable bonds is 0. The van der Waals surface area contributed by atoms with Crippen LogP contribution in [0.4, 0.5) is 0 Å². The predicted molar refractivity (Wildman–Crippen MR) is 24.1 cm³/mol. The van der Waals surface area contributed by atoms with Gasteiger partial charge in [-0.15, -0.1) is 0 Å². The Kier molecular flexibility index (Phi) is 1.27. The second-order valence-corrected chi connectivity index (χ2v) is 1.47. The van der Waals surface area contributed by atoms with Crippen LogP contribution >= 0.6 is 0 Å². The number of ketones is 2. The van der Waals surface area contributed by atoms with E-state index in [4.69, 9.17) is 0 Å². The Labute approximate surface area is 49.9 Å². The van der Waals surface area contributed by atoms with Gasteiger partial charge in [0.15, 0.2) is 0 Å². The summed E-state index contributed by atoms with van der Waals surface area (Å²) in [5, 5.41) is 0. The van der Waals surface area contributed by atoms with E-state index in [-0.39, 0.29) is 6.61 Å². The minimum atomic E-state index is -1.04. The van der Waals surface area contributed by atoms with Crippen LogP contribution in [0.25, 0.3) is 0 Å². The maximum absolute atomic E-state index is 10.3.